The second kappa shape index (κ2) is 7.78. The van der Waals surface area contributed by atoms with Crippen molar-refractivity contribution < 1.29 is 4.79 Å². The van der Waals surface area contributed by atoms with E-state index in [0.29, 0.717) is 0 Å². The lowest BCUT2D eigenvalue weighted by Crippen LogP contribution is -2.44. The van der Waals surface area contributed by atoms with Gasteiger partial charge in [-0.25, -0.2) is 0 Å². The molecule has 106 valence electrons. The van der Waals surface area contributed by atoms with Crippen LogP contribution in [-0.2, 0) is 4.79 Å². The summed E-state index contributed by atoms with van der Waals surface area (Å²) in [7, 11) is 0. The molecule has 0 aromatic heterocycles. The highest BCUT2D eigenvalue weighted by molar-refractivity contribution is 5.81. The van der Waals surface area contributed by atoms with Gasteiger partial charge in [0.05, 0.1) is 6.04 Å². The van der Waals surface area contributed by atoms with Crippen molar-refractivity contribution in [3.63, 3.8) is 0 Å². The maximum absolute atomic E-state index is 12.2. The minimum atomic E-state index is -0.277. The SMILES string of the molecule is CCCCC(N)C(=O)N1CCCC(C(C)C)CC1. The molecule has 1 aliphatic heterocycles. The highest BCUT2D eigenvalue weighted by atomic mass is 16.2. The van der Waals surface area contributed by atoms with Crippen LogP contribution in [-0.4, -0.2) is 29.9 Å². The standard InChI is InChI=1S/C15H30N2O/c1-4-5-8-14(16)15(18)17-10-6-7-13(9-11-17)12(2)3/h12-14H,4-11,16H2,1-3H3. The molecule has 0 saturated carbocycles. The predicted octanol–water partition coefficient (Wildman–Crippen LogP) is 2.79. The number of nitrogens with zero attached hydrogens (tertiary/aromatic N) is 1. The predicted molar refractivity (Wildman–Crippen MR) is 76.3 cm³/mol. The van der Waals surface area contributed by atoms with Crippen molar-refractivity contribution in [3.8, 4) is 0 Å². The summed E-state index contributed by atoms with van der Waals surface area (Å²) in [5.41, 5.74) is 5.99. The Hall–Kier alpha value is -0.570. The molecule has 0 bridgehead atoms. The first-order valence-corrected chi connectivity index (χ1v) is 7.60. The van der Waals surface area contributed by atoms with E-state index in [9.17, 15) is 4.79 Å². The number of rotatable bonds is 5. The second-order valence-electron chi connectivity index (χ2n) is 6.01. The molecule has 18 heavy (non-hydrogen) atoms. The molecule has 0 aliphatic carbocycles. The van der Waals surface area contributed by atoms with E-state index >= 15 is 0 Å². The topological polar surface area (TPSA) is 46.3 Å². The van der Waals surface area contributed by atoms with Gasteiger partial charge in [0, 0.05) is 13.1 Å². The molecule has 1 aliphatic rings. The number of hydrogen-bond acceptors (Lipinski definition) is 2. The molecule has 0 aromatic rings. The van der Waals surface area contributed by atoms with E-state index in [1.54, 1.807) is 0 Å². The second-order valence-corrected chi connectivity index (χ2v) is 6.01. The molecule has 0 aromatic carbocycles. The number of unbranched alkanes of at least 4 members (excludes halogenated alkanes) is 1. The van der Waals surface area contributed by atoms with Crippen molar-refractivity contribution in [1.82, 2.24) is 4.90 Å². The lowest BCUT2D eigenvalue weighted by molar-refractivity contribution is -0.132. The van der Waals surface area contributed by atoms with Crippen molar-refractivity contribution in [2.24, 2.45) is 17.6 Å². The van der Waals surface area contributed by atoms with E-state index in [-0.39, 0.29) is 11.9 Å². The Labute approximate surface area is 112 Å². The van der Waals surface area contributed by atoms with Crippen LogP contribution in [0.15, 0.2) is 0 Å². The highest BCUT2D eigenvalue weighted by Crippen LogP contribution is 2.24. The summed E-state index contributed by atoms with van der Waals surface area (Å²) in [4.78, 5) is 14.2. The zero-order chi connectivity index (χ0) is 13.5. The van der Waals surface area contributed by atoms with Gasteiger partial charge in [0.1, 0.15) is 0 Å². The maximum atomic E-state index is 12.2. The molecule has 3 heteroatoms. The van der Waals surface area contributed by atoms with E-state index in [1.807, 2.05) is 4.90 Å². The monoisotopic (exact) mass is 254 g/mol. The van der Waals surface area contributed by atoms with Gasteiger partial charge in [-0.1, -0.05) is 33.6 Å². The van der Waals surface area contributed by atoms with Crippen LogP contribution in [0.4, 0.5) is 0 Å². The fourth-order valence-corrected chi connectivity index (χ4v) is 2.79. The zero-order valence-electron chi connectivity index (χ0n) is 12.3. The van der Waals surface area contributed by atoms with Gasteiger partial charge < -0.3 is 10.6 Å². The van der Waals surface area contributed by atoms with E-state index < -0.39 is 0 Å². The van der Waals surface area contributed by atoms with Crippen molar-refractivity contribution in [1.29, 1.82) is 0 Å². The van der Waals surface area contributed by atoms with Gasteiger partial charge in [0.2, 0.25) is 5.91 Å². The average molecular weight is 254 g/mol. The van der Waals surface area contributed by atoms with Crippen molar-refractivity contribution in [3.05, 3.63) is 0 Å². The summed E-state index contributed by atoms with van der Waals surface area (Å²) in [6.45, 7) is 8.52. The number of amides is 1. The minimum absolute atomic E-state index is 0.174. The van der Waals surface area contributed by atoms with Crippen molar-refractivity contribution >= 4 is 5.91 Å². The van der Waals surface area contributed by atoms with E-state index in [0.717, 1.165) is 57.0 Å². The first kappa shape index (κ1) is 15.5. The lowest BCUT2D eigenvalue weighted by Gasteiger charge is -2.24. The number of carbonyl (C=O) groups excluding carboxylic acids is 1. The fourth-order valence-electron chi connectivity index (χ4n) is 2.79. The summed E-state index contributed by atoms with van der Waals surface area (Å²) in [5.74, 6) is 1.68. The van der Waals surface area contributed by atoms with Crippen LogP contribution in [0, 0.1) is 11.8 Å². The van der Waals surface area contributed by atoms with Gasteiger partial charge in [-0.3, -0.25) is 4.79 Å². The molecular weight excluding hydrogens is 224 g/mol. The summed E-state index contributed by atoms with van der Waals surface area (Å²) in [5, 5.41) is 0. The zero-order valence-corrected chi connectivity index (χ0v) is 12.3. The lowest BCUT2D eigenvalue weighted by atomic mass is 9.89. The Morgan fingerprint density at radius 3 is 2.67 bits per heavy atom. The van der Waals surface area contributed by atoms with E-state index in [2.05, 4.69) is 20.8 Å². The molecule has 1 heterocycles. The summed E-state index contributed by atoms with van der Waals surface area (Å²) < 4.78 is 0. The minimum Gasteiger partial charge on any atom is -0.341 e. The molecule has 2 N–H and O–H groups in total. The largest absolute Gasteiger partial charge is 0.341 e. The Bertz CT molecular complexity index is 253. The number of nitrogens with two attached hydrogens (primary N) is 1. The van der Waals surface area contributed by atoms with Crippen LogP contribution in [0.5, 0.6) is 0 Å². The number of carbonyl (C=O) groups is 1. The average Bonchev–Trinajstić information content (AvgIpc) is 2.60. The Kier molecular flexibility index (Phi) is 6.69. The van der Waals surface area contributed by atoms with Crippen LogP contribution < -0.4 is 5.73 Å². The van der Waals surface area contributed by atoms with Crippen LogP contribution in [0.2, 0.25) is 0 Å². The van der Waals surface area contributed by atoms with Crippen LogP contribution in [0.25, 0.3) is 0 Å². The van der Waals surface area contributed by atoms with Gasteiger partial charge in [-0.05, 0) is 37.5 Å². The molecule has 2 atom stereocenters. The normalized spacial score (nSPS) is 22.9. The summed E-state index contributed by atoms with van der Waals surface area (Å²) >= 11 is 0. The van der Waals surface area contributed by atoms with Gasteiger partial charge in [0.15, 0.2) is 0 Å². The first-order chi connectivity index (χ1) is 8.56. The molecule has 0 spiro atoms. The number of hydrogen-bond donors (Lipinski definition) is 1. The molecule has 1 saturated heterocycles. The van der Waals surface area contributed by atoms with Crippen LogP contribution >= 0.6 is 0 Å². The van der Waals surface area contributed by atoms with Gasteiger partial charge in [0.25, 0.3) is 0 Å². The third-order valence-electron chi connectivity index (χ3n) is 4.21. The fraction of sp³-hybridized carbons (Fsp3) is 0.933. The molecule has 1 amide bonds. The summed E-state index contributed by atoms with van der Waals surface area (Å²) in [6.07, 6.45) is 6.52. The smallest absolute Gasteiger partial charge is 0.239 e. The Morgan fingerprint density at radius 1 is 1.33 bits per heavy atom. The molecule has 1 rings (SSSR count). The Morgan fingerprint density at radius 2 is 2.06 bits per heavy atom. The van der Waals surface area contributed by atoms with E-state index in [4.69, 9.17) is 5.73 Å². The van der Waals surface area contributed by atoms with Gasteiger partial charge >= 0.3 is 0 Å². The van der Waals surface area contributed by atoms with Gasteiger partial charge in [-0.2, -0.15) is 0 Å². The van der Waals surface area contributed by atoms with E-state index in [1.165, 1.54) is 6.42 Å². The van der Waals surface area contributed by atoms with Gasteiger partial charge in [-0.15, -0.1) is 0 Å². The molecular formula is C15H30N2O. The van der Waals surface area contributed by atoms with Crippen LogP contribution in [0.1, 0.15) is 59.3 Å². The molecule has 3 nitrogen and oxygen atoms in total. The molecule has 0 radical (unpaired) electrons. The summed E-state index contributed by atoms with van der Waals surface area (Å²) in [6, 6.07) is -0.277. The van der Waals surface area contributed by atoms with Crippen molar-refractivity contribution in [2.75, 3.05) is 13.1 Å². The third-order valence-corrected chi connectivity index (χ3v) is 4.21. The Balaban J connectivity index is 2.44. The quantitative estimate of drug-likeness (QED) is 0.820. The number of likely N-dealkylation sites (tertiary alicyclic amines) is 1. The maximum Gasteiger partial charge on any atom is 0.239 e. The van der Waals surface area contributed by atoms with Crippen LogP contribution in [0.3, 0.4) is 0 Å². The third kappa shape index (κ3) is 4.60. The molecule has 1 fully saturated rings. The first-order valence-electron chi connectivity index (χ1n) is 7.60. The highest BCUT2D eigenvalue weighted by Gasteiger charge is 2.25. The molecule has 2 unspecified atom stereocenters. The van der Waals surface area contributed by atoms with Crippen molar-refractivity contribution in [2.45, 2.75) is 65.3 Å².